The van der Waals surface area contributed by atoms with Crippen molar-refractivity contribution in [2.24, 2.45) is 5.73 Å². The Kier molecular flexibility index (Phi) is 8.14. The van der Waals surface area contributed by atoms with Crippen LogP contribution in [-0.4, -0.2) is 59.9 Å². The molecule has 0 spiro atoms. The highest BCUT2D eigenvalue weighted by atomic mass is 32.1. The highest BCUT2D eigenvalue weighted by Gasteiger charge is 2.33. The Morgan fingerprint density at radius 1 is 1.02 bits per heavy atom. The molecule has 0 unspecified atom stereocenters. The molecular formula is C29H28F3N7O2S. The highest BCUT2D eigenvalue weighted by molar-refractivity contribution is 7.18. The van der Waals surface area contributed by atoms with Gasteiger partial charge in [-0.05, 0) is 62.0 Å². The van der Waals surface area contributed by atoms with Crippen molar-refractivity contribution in [1.29, 1.82) is 0 Å². The Morgan fingerprint density at radius 2 is 1.79 bits per heavy atom. The summed E-state index contributed by atoms with van der Waals surface area (Å²) in [5.41, 5.74) is 6.91. The molecule has 4 N–H and O–H groups in total. The fourth-order valence-corrected chi connectivity index (χ4v) is 5.42. The van der Waals surface area contributed by atoms with Gasteiger partial charge in [-0.15, -0.1) is 0 Å². The molecule has 0 bridgehead atoms. The van der Waals surface area contributed by atoms with Gasteiger partial charge in [-0.2, -0.15) is 13.2 Å². The number of amides is 2. The van der Waals surface area contributed by atoms with E-state index in [0.717, 1.165) is 29.0 Å². The summed E-state index contributed by atoms with van der Waals surface area (Å²) in [6.45, 7) is 4.31. The predicted molar refractivity (Wildman–Crippen MR) is 157 cm³/mol. The van der Waals surface area contributed by atoms with E-state index in [1.54, 1.807) is 42.6 Å². The summed E-state index contributed by atoms with van der Waals surface area (Å²) < 4.78 is 41.4. The first kappa shape index (κ1) is 29.0. The van der Waals surface area contributed by atoms with Crippen molar-refractivity contribution in [3.05, 3.63) is 82.4 Å². The van der Waals surface area contributed by atoms with Crippen LogP contribution in [0.2, 0.25) is 0 Å². The lowest BCUT2D eigenvalue weighted by Crippen LogP contribution is -2.44. The molecule has 9 nitrogen and oxygen atoms in total. The molecule has 1 fully saturated rings. The number of pyridine rings is 1. The maximum absolute atomic E-state index is 13.8. The third-order valence-electron chi connectivity index (χ3n) is 6.88. The number of benzene rings is 2. The second kappa shape index (κ2) is 11.8. The maximum Gasteiger partial charge on any atom is 0.416 e. The molecule has 3 heterocycles. The van der Waals surface area contributed by atoms with Crippen LogP contribution >= 0.6 is 11.3 Å². The highest BCUT2D eigenvalue weighted by Crippen LogP contribution is 2.36. The Balaban J connectivity index is 1.45. The molecule has 0 atom stereocenters. The summed E-state index contributed by atoms with van der Waals surface area (Å²) in [5, 5.41) is 6.15. The summed E-state index contributed by atoms with van der Waals surface area (Å²) >= 11 is 1.06. The van der Waals surface area contributed by atoms with Gasteiger partial charge >= 0.3 is 6.18 Å². The first-order chi connectivity index (χ1) is 20.0. The van der Waals surface area contributed by atoms with E-state index in [-0.39, 0.29) is 10.4 Å². The second-order valence-electron chi connectivity index (χ2n) is 9.94. The average molecular weight is 596 g/mol. The molecule has 4 aromatic rings. The van der Waals surface area contributed by atoms with Crippen molar-refractivity contribution in [1.82, 2.24) is 14.9 Å². The minimum absolute atomic E-state index is 0.116. The molecule has 0 aliphatic carbocycles. The van der Waals surface area contributed by atoms with Crippen LogP contribution in [0.25, 0.3) is 11.3 Å². The van der Waals surface area contributed by atoms with E-state index in [9.17, 15) is 22.8 Å². The van der Waals surface area contributed by atoms with Crippen molar-refractivity contribution < 1.29 is 22.8 Å². The molecular weight excluding hydrogens is 567 g/mol. The summed E-state index contributed by atoms with van der Waals surface area (Å²) in [6, 6.07) is 13.7. The number of nitrogens with zero attached hydrogens (tertiary/aromatic N) is 4. The van der Waals surface area contributed by atoms with Crippen LogP contribution in [0.15, 0.2) is 60.8 Å². The Bertz CT molecular complexity index is 1620. The number of thiazole rings is 1. The molecule has 218 valence electrons. The van der Waals surface area contributed by atoms with E-state index in [2.05, 4.69) is 25.5 Å². The topological polar surface area (TPSA) is 116 Å². The summed E-state index contributed by atoms with van der Waals surface area (Å²) in [7, 11) is 1.95. The number of nitrogens with two attached hydrogens (primary N) is 1. The quantitative estimate of drug-likeness (QED) is 0.263. The zero-order valence-electron chi connectivity index (χ0n) is 22.8. The SMILES string of the molecule is Cc1ccc(NC(=O)c2cc(N3CCN(C)CC3)cc(C(F)(F)F)c2)cc1-c1nc(Nc2ccccn2)sc1C(N)=O. The number of carbonyl (C=O) groups is 2. The molecule has 1 aliphatic rings. The van der Waals surface area contributed by atoms with Crippen molar-refractivity contribution in [3.8, 4) is 11.3 Å². The molecule has 0 radical (unpaired) electrons. The van der Waals surface area contributed by atoms with Gasteiger partial charge in [0.1, 0.15) is 10.7 Å². The Labute approximate surface area is 244 Å². The van der Waals surface area contributed by atoms with Crippen LogP contribution < -0.4 is 21.3 Å². The van der Waals surface area contributed by atoms with E-state index < -0.39 is 23.6 Å². The number of hydrogen-bond donors (Lipinski definition) is 3. The first-order valence-electron chi connectivity index (χ1n) is 13.0. The average Bonchev–Trinajstić information content (AvgIpc) is 3.38. The maximum atomic E-state index is 13.8. The minimum atomic E-state index is -4.62. The van der Waals surface area contributed by atoms with Gasteiger partial charge in [-0.1, -0.05) is 23.5 Å². The van der Waals surface area contributed by atoms with Gasteiger partial charge in [0.05, 0.1) is 11.3 Å². The van der Waals surface area contributed by atoms with Gasteiger partial charge in [-0.25, -0.2) is 9.97 Å². The number of hydrogen-bond acceptors (Lipinski definition) is 8. The Morgan fingerprint density at radius 3 is 2.45 bits per heavy atom. The number of piperazine rings is 1. The zero-order valence-corrected chi connectivity index (χ0v) is 23.6. The molecule has 0 saturated carbocycles. The lowest BCUT2D eigenvalue weighted by atomic mass is 10.0. The molecule has 1 aliphatic heterocycles. The van der Waals surface area contributed by atoms with Gasteiger partial charge in [0, 0.05) is 54.9 Å². The van der Waals surface area contributed by atoms with Crippen molar-refractivity contribution in [2.75, 3.05) is 48.8 Å². The predicted octanol–water partition coefficient (Wildman–Crippen LogP) is 5.38. The van der Waals surface area contributed by atoms with Crippen LogP contribution in [0.4, 0.5) is 35.5 Å². The summed E-state index contributed by atoms with van der Waals surface area (Å²) in [6.07, 6.45) is -3.01. The Hall–Kier alpha value is -4.49. The standard InChI is InChI=1S/C29H28F3N7O2S/c1-17-6-7-20(16-22(17)24-25(26(33)40)42-28(37-24)36-23-5-3-4-8-34-23)35-27(41)18-13-19(29(30,31)32)15-21(14-18)39-11-9-38(2)10-12-39/h3-8,13-16H,9-12H2,1-2H3,(H2,33,40)(H,35,41)(H,34,36,37). The summed E-state index contributed by atoms with van der Waals surface area (Å²) in [5.74, 6) is -0.841. The monoisotopic (exact) mass is 595 g/mol. The van der Waals surface area contributed by atoms with E-state index >= 15 is 0 Å². The molecule has 1 saturated heterocycles. The fraction of sp³-hybridized carbons (Fsp3) is 0.241. The lowest BCUT2D eigenvalue weighted by Gasteiger charge is -2.34. The number of primary amides is 1. The van der Waals surface area contributed by atoms with Gasteiger partial charge in [-0.3, -0.25) is 9.59 Å². The summed E-state index contributed by atoms with van der Waals surface area (Å²) in [4.78, 5) is 38.5. The van der Waals surface area contributed by atoms with Crippen LogP contribution in [0.3, 0.4) is 0 Å². The second-order valence-corrected chi connectivity index (χ2v) is 10.9. The molecule has 2 aromatic carbocycles. The molecule has 13 heteroatoms. The number of anilines is 4. The number of nitrogens with one attached hydrogen (secondary N) is 2. The van der Waals surface area contributed by atoms with Crippen molar-refractivity contribution in [3.63, 3.8) is 0 Å². The van der Waals surface area contributed by atoms with Gasteiger partial charge in [0.25, 0.3) is 11.8 Å². The number of halogens is 3. The molecule has 5 rings (SSSR count). The number of aryl methyl sites for hydroxylation is 1. The van der Waals surface area contributed by atoms with Gasteiger partial charge in [0.15, 0.2) is 5.13 Å². The number of carbonyl (C=O) groups excluding carboxylic acids is 2. The number of rotatable bonds is 7. The number of likely N-dealkylation sites (N-methyl/N-ethyl adjacent to an activating group) is 1. The van der Waals surface area contributed by atoms with E-state index in [1.165, 1.54) is 6.07 Å². The van der Waals surface area contributed by atoms with Crippen molar-refractivity contribution >= 4 is 45.5 Å². The van der Waals surface area contributed by atoms with Gasteiger partial charge < -0.3 is 26.2 Å². The zero-order chi connectivity index (χ0) is 30.0. The van der Waals surface area contributed by atoms with Crippen LogP contribution in [0.5, 0.6) is 0 Å². The third-order valence-corrected chi connectivity index (χ3v) is 7.86. The fourth-order valence-electron chi connectivity index (χ4n) is 4.58. The third kappa shape index (κ3) is 6.52. The smallest absolute Gasteiger partial charge is 0.369 e. The molecule has 42 heavy (non-hydrogen) atoms. The van der Waals surface area contributed by atoms with E-state index in [1.807, 2.05) is 18.9 Å². The van der Waals surface area contributed by atoms with Crippen LogP contribution in [0, 0.1) is 6.92 Å². The minimum Gasteiger partial charge on any atom is -0.369 e. The molecule has 2 aromatic heterocycles. The first-order valence-corrected chi connectivity index (χ1v) is 13.9. The van der Waals surface area contributed by atoms with Crippen LogP contribution in [0.1, 0.15) is 31.2 Å². The van der Waals surface area contributed by atoms with E-state index in [4.69, 9.17) is 5.73 Å². The largest absolute Gasteiger partial charge is 0.416 e. The lowest BCUT2D eigenvalue weighted by molar-refractivity contribution is -0.137. The molecule has 2 amide bonds. The van der Waals surface area contributed by atoms with E-state index in [0.29, 0.717) is 59.8 Å². The van der Waals surface area contributed by atoms with Gasteiger partial charge in [0.2, 0.25) is 0 Å². The number of alkyl halides is 3. The normalized spacial score (nSPS) is 14.1. The van der Waals surface area contributed by atoms with Crippen molar-refractivity contribution in [2.45, 2.75) is 13.1 Å². The van der Waals surface area contributed by atoms with Crippen LogP contribution in [-0.2, 0) is 6.18 Å². The number of aromatic nitrogens is 2.